The van der Waals surface area contributed by atoms with Crippen LogP contribution in [0.15, 0.2) is 42.6 Å². The van der Waals surface area contributed by atoms with Crippen molar-refractivity contribution in [1.82, 2.24) is 4.98 Å². The van der Waals surface area contributed by atoms with Gasteiger partial charge in [0, 0.05) is 11.6 Å². The predicted octanol–water partition coefficient (Wildman–Crippen LogP) is 2.24. The Hall–Kier alpha value is -2.11. The molecule has 0 aliphatic rings. The fourth-order valence-electron chi connectivity index (χ4n) is 1.61. The summed E-state index contributed by atoms with van der Waals surface area (Å²) in [5.41, 5.74) is 7.06. The Bertz CT molecular complexity index is 586. The quantitative estimate of drug-likeness (QED) is 0.789. The summed E-state index contributed by atoms with van der Waals surface area (Å²) < 4.78 is 0. The molecule has 1 heterocycles. The van der Waals surface area contributed by atoms with E-state index in [0.717, 1.165) is 16.3 Å². The molecule has 1 amide bonds. The van der Waals surface area contributed by atoms with Gasteiger partial charge in [-0.25, -0.2) is 4.98 Å². The lowest BCUT2D eigenvalue weighted by Crippen LogP contribution is -2.22. The number of nitrogens with two attached hydrogens (primary N) is 1. The molecule has 0 saturated heterocycles. The van der Waals surface area contributed by atoms with Gasteiger partial charge in [-0.05, 0) is 23.8 Å². The molecule has 0 radical (unpaired) electrons. The van der Waals surface area contributed by atoms with Gasteiger partial charge in [-0.3, -0.25) is 4.79 Å². The van der Waals surface area contributed by atoms with Crippen LogP contribution in [-0.2, 0) is 11.3 Å². The number of aromatic nitrogens is 1. The summed E-state index contributed by atoms with van der Waals surface area (Å²) in [6, 6.07) is 11.2. The molecular weight excluding hydrogens is 276 g/mol. The lowest BCUT2D eigenvalue weighted by Gasteiger charge is -2.08. The molecule has 0 aliphatic heterocycles. The third kappa shape index (κ3) is 3.94. The van der Waals surface area contributed by atoms with Crippen molar-refractivity contribution in [2.45, 2.75) is 6.54 Å². The second-order valence-electron chi connectivity index (χ2n) is 4.13. The van der Waals surface area contributed by atoms with E-state index in [4.69, 9.17) is 17.3 Å². The number of nitrogens with zero attached hydrogens (tertiary/aromatic N) is 1. The van der Waals surface area contributed by atoms with Crippen molar-refractivity contribution in [3.8, 4) is 0 Å². The monoisotopic (exact) mass is 290 g/mol. The molecule has 0 unspecified atom stereocenters. The van der Waals surface area contributed by atoms with Gasteiger partial charge in [-0.2, -0.15) is 0 Å². The molecule has 2 aromatic rings. The molecule has 4 N–H and O–H groups in total. The molecule has 2 rings (SSSR count). The molecule has 1 aromatic carbocycles. The Morgan fingerprint density at radius 3 is 2.70 bits per heavy atom. The number of halogens is 1. The average Bonchev–Trinajstić information content (AvgIpc) is 2.48. The first-order valence-electron chi connectivity index (χ1n) is 6.12. The summed E-state index contributed by atoms with van der Waals surface area (Å²) in [5, 5.41) is 6.51. The van der Waals surface area contributed by atoms with Crippen LogP contribution in [0.1, 0.15) is 5.56 Å². The number of pyridine rings is 1. The van der Waals surface area contributed by atoms with Crippen LogP contribution in [0.2, 0.25) is 5.02 Å². The van der Waals surface area contributed by atoms with Crippen molar-refractivity contribution < 1.29 is 4.79 Å². The molecule has 0 spiro atoms. The highest BCUT2D eigenvalue weighted by Crippen LogP contribution is 2.17. The number of hydrogen-bond acceptors (Lipinski definition) is 4. The first-order chi connectivity index (χ1) is 9.69. The Labute approximate surface area is 122 Å². The Balaban J connectivity index is 1.94. The highest BCUT2D eigenvalue weighted by atomic mass is 35.5. The Morgan fingerprint density at radius 2 is 2.05 bits per heavy atom. The van der Waals surface area contributed by atoms with Crippen molar-refractivity contribution in [3.05, 3.63) is 53.2 Å². The molecule has 5 nitrogen and oxygen atoms in total. The fraction of sp³-hybridized carbons (Fsp3) is 0.143. The zero-order valence-corrected chi connectivity index (χ0v) is 11.5. The predicted molar refractivity (Wildman–Crippen MR) is 80.7 cm³/mol. The zero-order valence-electron chi connectivity index (χ0n) is 10.8. The van der Waals surface area contributed by atoms with Crippen LogP contribution in [-0.4, -0.2) is 17.4 Å². The minimum Gasteiger partial charge on any atom is -0.380 e. The maximum atomic E-state index is 11.1. The molecular formula is C14H15ClN4O. The molecule has 0 atom stereocenters. The first-order valence-corrected chi connectivity index (χ1v) is 6.50. The van der Waals surface area contributed by atoms with Crippen molar-refractivity contribution in [2.24, 2.45) is 5.73 Å². The molecule has 0 fully saturated rings. The number of rotatable bonds is 5. The van der Waals surface area contributed by atoms with Crippen LogP contribution in [0, 0.1) is 0 Å². The van der Waals surface area contributed by atoms with E-state index in [1.165, 1.54) is 0 Å². The van der Waals surface area contributed by atoms with E-state index < -0.39 is 0 Å². The highest BCUT2D eigenvalue weighted by Gasteiger charge is 2.02. The van der Waals surface area contributed by atoms with Crippen LogP contribution in [0.5, 0.6) is 0 Å². The van der Waals surface area contributed by atoms with E-state index in [-0.39, 0.29) is 12.5 Å². The van der Waals surface area contributed by atoms with Gasteiger partial charge >= 0.3 is 0 Å². The van der Waals surface area contributed by atoms with E-state index in [9.17, 15) is 4.79 Å². The lowest BCUT2D eigenvalue weighted by molar-refractivity contribution is -0.114. The number of amides is 1. The summed E-state index contributed by atoms with van der Waals surface area (Å²) in [5.74, 6) is 0.207. The van der Waals surface area contributed by atoms with Gasteiger partial charge in [0.05, 0.1) is 18.4 Å². The minimum absolute atomic E-state index is 0.0613. The summed E-state index contributed by atoms with van der Waals surface area (Å²) in [6.45, 7) is 0.546. The molecule has 1 aromatic heterocycles. The number of hydrogen-bond donors (Lipinski definition) is 3. The molecule has 0 bridgehead atoms. The maximum Gasteiger partial charge on any atom is 0.239 e. The number of carbonyl (C=O) groups excluding carboxylic acids is 1. The number of nitrogens with one attached hydrogen (secondary N) is 2. The van der Waals surface area contributed by atoms with E-state index in [1.54, 1.807) is 12.3 Å². The first kappa shape index (κ1) is 14.3. The smallest absolute Gasteiger partial charge is 0.239 e. The summed E-state index contributed by atoms with van der Waals surface area (Å²) in [6.07, 6.45) is 1.64. The van der Waals surface area contributed by atoms with Gasteiger partial charge in [-0.15, -0.1) is 0 Å². The third-order valence-corrected chi connectivity index (χ3v) is 3.03. The van der Waals surface area contributed by atoms with E-state index in [0.29, 0.717) is 12.4 Å². The largest absolute Gasteiger partial charge is 0.380 e. The van der Waals surface area contributed by atoms with Gasteiger partial charge < -0.3 is 16.4 Å². The van der Waals surface area contributed by atoms with Crippen molar-refractivity contribution in [3.63, 3.8) is 0 Å². The standard InChI is InChI=1S/C14H15ClN4O/c15-12-4-2-1-3-10(12)8-17-11-5-6-13(18-9-11)19-14(20)7-16/h1-6,9,17H,7-8,16H2,(H,18,19,20). The van der Waals surface area contributed by atoms with Gasteiger partial charge in [0.25, 0.3) is 0 Å². The Morgan fingerprint density at radius 1 is 1.25 bits per heavy atom. The summed E-state index contributed by atoms with van der Waals surface area (Å²) in [4.78, 5) is 15.2. The number of anilines is 2. The fourth-order valence-corrected chi connectivity index (χ4v) is 1.81. The molecule has 20 heavy (non-hydrogen) atoms. The van der Waals surface area contributed by atoms with E-state index >= 15 is 0 Å². The normalized spacial score (nSPS) is 10.1. The summed E-state index contributed by atoms with van der Waals surface area (Å²) in [7, 11) is 0. The zero-order chi connectivity index (χ0) is 14.4. The highest BCUT2D eigenvalue weighted by molar-refractivity contribution is 6.31. The van der Waals surface area contributed by atoms with Crippen molar-refractivity contribution >= 4 is 29.0 Å². The van der Waals surface area contributed by atoms with Crippen LogP contribution in [0.3, 0.4) is 0 Å². The van der Waals surface area contributed by atoms with Gasteiger partial charge in [0.2, 0.25) is 5.91 Å². The third-order valence-electron chi connectivity index (χ3n) is 2.66. The SMILES string of the molecule is NCC(=O)Nc1ccc(NCc2ccccc2Cl)cn1. The molecule has 104 valence electrons. The number of benzene rings is 1. The van der Waals surface area contributed by atoms with Crippen LogP contribution in [0.25, 0.3) is 0 Å². The van der Waals surface area contributed by atoms with E-state index in [2.05, 4.69) is 15.6 Å². The van der Waals surface area contributed by atoms with Crippen LogP contribution in [0.4, 0.5) is 11.5 Å². The lowest BCUT2D eigenvalue weighted by atomic mass is 10.2. The van der Waals surface area contributed by atoms with Crippen LogP contribution >= 0.6 is 11.6 Å². The Kier molecular flexibility index (Phi) is 4.92. The summed E-state index contributed by atoms with van der Waals surface area (Å²) >= 11 is 6.07. The van der Waals surface area contributed by atoms with Gasteiger partial charge in [-0.1, -0.05) is 29.8 Å². The molecule has 6 heteroatoms. The van der Waals surface area contributed by atoms with Crippen molar-refractivity contribution in [2.75, 3.05) is 17.2 Å². The number of carbonyl (C=O) groups is 1. The second-order valence-corrected chi connectivity index (χ2v) is 4.54. The maximum absolute atomic E-state index is 11.1. The van der Waals surface area contributed by atoms with Crippen molar-refractivity contribution in [1.29, 1.82) is 0 Å². The minimum atomic E-state index is -0.269. The molecule has 0 aliphatic carbocycles. The van der Waals surface area contributed by atoms with Gasteiger partial charge in [0.1, 0.15) is 5.82 Å². The second kappa shape index (κ2) is 6.88. The van der Waals surface area contributed by atoms with Gasteiger partial charge in [0.15, 0.2) is 0 Å². The average molecular weight is 291 g/mol. The topological polar surface area (TPSA) is 80.0 Å². The van der Waals surface area contributed by atoms with Crippen LogP contribution < -0.4 is 16.4 Å². The molecule has 0 saturated carbocycles. The van der Waals surface area contributed by atoms with E-state index in [1.807, 2.05) is 30.3 Å².